The van der Waals surface area contributed by atoms with Crippen LogP contribution in [0, 0.1) is 0 Å². The fourth-order valence-corrected chi connectivity index (χ4v) is 6.45. The lowest BCUT2D eigenvalue weighted by Crippen LogP contribution is -2.46. The molecule has 41 heavy (non-hydrogen) atoms. The average molecular weight is 561 g/mol. The summed E-state index contributed by atoms with van der Waals surface area (Å²) in [6.45, 7) is 11.7. The van der Waals surface area contributed by atoms with Crippen molar-refractivity contribution >= 4 is 22.8 Å². The first-order valence-corrected chi connectivity index (χ1v) is 15.2. The Morgan fingerprint density at radius 3 is 2.37 bits per heavy atom. The van der Waals surface area contributed by atoms with E-state index in [4.69, 9.17) is 29.2 Å². The Labute approximate surface area is 243 Å². The molecule has 3 aromatic rings. The second-order valence-corrected chi connectivity index (χ2v) is 12.2. The van der Waals surface area contributed by atoms with Crippen molar-refractivity contribution in [3.63, 3.8) is 0 Å². The number of morpholine rings is 2. The molecule has 1 N–H and O–H groups in total. The van der Waals surface area contributed by atoms with Gasteiger partial charge >= 0.3 is 0 Å². The van der Waals surface area contributed by atoms with Crippen LogP contribution in [0.4, 0.5) is 11.8 Å². The van der Waals surface area contributed by atoms with Crippen molar-refractivity contribution in [2.24, 2.45) is 0 Å². The summed E-state index contributed by atoms with van der Waals surface area (Å²) in [4.78, 5) is 19.9. The Morgan fingerprint density at radius 2 is 1.66 bits per heavy atom. The van der Waals surface area contributed by atoms with Crippen LogP contribution in [-0.2, 0) is 16.0 Å². The van der Waals surface area contributed by atoms with Gasteiger partial charge in [0.15, 0.2) is 5.65 Å². The first kappa shape index (κ1) is 28.1. The van der Waals surface area contributed by atoms with E-state index in [9.17, 15) is 0 Å². The van der Waals surface area contributed by atoms with Crippen molar-refractivity contribution in [3.8, 4) is 17.0 Å². The van der Waals surface area contributed by atoms with E-state index in [2.05, 4.69) is 66.2 Å². The van der Waals surface area contributed by atoms with Crippen molar-refractivity contribution in [1.29, 1.82) is 0 Å². The zero-order chi connectivity index (χ0) is 28.4. The number of ether oxygens (including phenoxy) is 3. The van der Waals surface area contributed by atoms with Gasteiger partial charge in [-0.2, -0.15) is 9.97 Å². The summed E-state index contributed by atoms with van der Waals surface area (Å²) in [6, 6.07) is 11.0. The molecule has 0 radical (unpaired) electrons. The molecule has 2 aliphatic heterocycles. The smallest absolute Gasteiger partial charge is 0.229 e. The second kappa shape index (κ2) is 12.1. The van der Waals surface area contributed by atoms with Gasteiger partial charge in [-0.15, -0.1) is 0 Å². The zero-order valence-corrected chi connectivity index (χ0v) is 25.0. The van der Waals surface area contributed by atoms with Gasteiger partial charge in [0.1, 0.15) is 11.6 Å². The molecule has 2 aromatic heterocycles. The number of benzene rings is 1. The van der Waals surface area contributed by atoms with E-state index in [-0.39, 0.29) is 17.6 Å². The molecule has 0 spiro atoms. The number of anilines is 2. The molecule has 4 heterocycles. The topological polar surface area (TPSA) is 84.9 Å². The van der Waals surface area contributed by atoms with Gasteiger partial charge in [-0.3, -0.25) is 0 Å². The molecule has 9 heteroatoms. The molecular weight excluding hydrogens is 516 g/mol. The molecule has 1 aromatic carbocycles. The highest BCUT2D eigenvalue weighted by atomic mass is 16.5. The number of pyridine rings is 1. The highest BCUT2D eigenvalue weighted by Gasteiger charge is 2.28. The van der Waals surface area contributed by atoms with Gasteiger partial charge in [-0.1, -0.05) is 19.3 Å². The van der Waals surface area contributed by atoms with Crippen LogP contribution < -0.4 is 19.9 Å². The van der Waals surface area contributed by atoms with Crippen molar-refractivity contribution in [2.45, 2.75) is 77.0 Å². The first-order chi connectivity index (χ1) is 19.9. The SMILES string of the molecule is COc1ccc(-c2ccc3c(N4CCOCC4C)nc(N4CCOC[C@H]4C)nc3n2)cc1CNC1(C)CCCCC1. The summed E-state index contributed by atoms with van der Waals surface area (Å²) in [6.07, 6.45) is 6.36. The van der Waals surface area contributed by atoms with Gasteiger partial charge in [-0.25, -0.2) is 4.98 Å². The third-order valence-corrected chi connectivity index (χ3v) is 9.03. The largest absolute Gasteiger partial charge is 0.496 e. The lowest BCUT2D eigenvalue weighted by Gasteiger charge is -2.37. The number of rotatable bonds is 7. The molecule has 6 rings (SSSR count). The van der Waals surface area contributed by atoms with Gasteiger partial charge in [-0.05, 0) is 63.9 Å². The molecule has 0 amide bonds. The van der Waals surface area contributed by atoms with Crippen LogP contribution in [0.3, 0.4) is 0 Å². The molecule has 3 aliphatic rings. The van der Waals surface area contributed by atoms with Crippen LogP contribution in [0.15, 0.2) is 30.3 Å². The van der Waals surface area contributed by atoms with E-state index < -0.39 is 0 Å². The van der Waals surface area contributed by atoms with E-state index in [1.165, 1.54) is 32.1 Å². The lowest BCUT2D eigenvalue weighted by molar-refractivity contribution is 0.0973. The van der Waals surface area contributed by atoms with Crippen LogP contribution in [0.25, 0.3) is 22.3 Å². The van der Waals surface area contributed by atoms with Gasteiger partial charge in [0.2, 0.25) is 5.95 Å². The molecule has 1 unspecified atom stereocenters. The van der Waals surface area contributed by atoms with E-state index in [1.54, 1.807) is 7.11 Å². The normalized spacial score (nSPS) is 23.1. The fourth-order valence-electron chi connectivity index (χ4n) is 6.45. The Kier molecular flexibility index (Phi) is 8.28. The third-order valence-electron chi connectivity index (χ3n) is 9.03. The lowest BCUT2D eigenvalue weighted by atomic mass is 9.83. The quantitative estimate of drug-likeness (QED) is 0.431. The van der Waals surface area contributed by atoms with Gasteiger partial charge in [0.25, 0.3) is 0 Å². The number of methoxy groups -OCH3 is 1. The van der Waals surface area contributed by atoms with Crippen molar-refractivity contribution in [1.82, 2.24) is 20.3 Å². The molecule has 2 atom stereocenters. The highest BCUT2D eigenvalue weighted by Crippen LogP contribution is 2.33. The molecule has 0 bridgehead atoms. The number of nitrogens with one attached hydrogen (secondary N) is 1. The summed E-state index contributed by atoms with van der Waals surface area (Å²) < 4.78 is 17.2. The minimum absolute atomic E-state index is 0.178. The summed E-state index contributed by atoms with van der Waals surface area (Å²) in [7, 11) is 1.74. The minimum Gasteiger partial charge on any atom is -0.496 e. The van der Waals surface area contributed by atoms with Crippen molar-refractivity contribution in [3.05, 3.63) is 35.9 Å². The summed E-state index contributed by atoms with van der Waals surface area (Å²) >= 11 is 0. The third kappa shape index (κ3) is 5.98. The van der Waals surface area contributed by atoms with Crippen LogP contribution in [0.2, 0.25) is 0 Å². The summed E-state index contributed by atoms with van der Waals surface area (Å²) in [5.41, 5.74) is 3.99. The molecule has 2 saturated heterocycles. The average Bonchev–Trinajstić information content (AvgIpc) is 3.00. The molecule has 220 valence electrons. The number of hydrogen-bond acceptors (Lipinski definition) is 9. The maximum absolute atomic E-state index is 5.75. The van der Waals surface area contributed by atoms with E-state index in [0.717, 1.165) is 53.4 Å². The summed E-state index contributed by atoms with van der Waals surface area (Å²) in [5, 5.41) is 4.81. The maximum atomic E-state index is 5.75. The second-order valence-electron chi connectivity index (χ2n) is 12.2. The highest BCUT2D eigenvalue weighted by molar-refractivity contribution is 5.90. The monoisotopic (exact) mass is 560 g/mol. The number of fused-ring (bicyclic) bond motifs is 1. The van der Waals surface area contributed by atoms with Gasteiger partial charge < -0.3 is 29.3 Å². The number of nitrogens with zero attached hydrogens (tertiary/aromatic N) is 5. The standard InChI is InChI=1S/C32H44N6O3/c1-22-20-40-16-14-37(22)30-26-9-10-27(34-29(26)35-31(36-30)38-15-17-41-21-23(38)2)24-8-11-28(39-4)25(18-24)19-33-32(3)12-6-5-7-13-32/h8-11,18,22-23,33H,5-7,12-17,19-21H2,1-4H3/t22?,23-/m1/s1. The molecule has 1 saturated carbocycles. The molecular formula is C32H44N6O3. The molecule has 3 fully saturated rings. The number of aromatic nitrogens is 3. The van der Waals surface area contributed by atoms with Crippen LogP contribution >= 0.6 is 0 Å². The zero-order valence-electron chi connectivity index (χ0n) is 25.0. The molecule has 1 aliphatic carbocycles. The van der Waals surface area contributed by atoms with E-state index in [1.807, 2.05) is 0 Å². The van der Waals surface area contributed by atoms with Crippen LogP contribution in [0.5, 0.6) is 5.75 Å². The van der Waals surface area contributed by atoms with Crippen LogP contribution in [0.1, 0.15) is 58.4 Å². The van der Waals surface area contributed by atoms with Gasteiger partial charge in [0.05, 0.1) is 56.7 Å². The van der Waals surface area contributed by atoms with E-state index >= 15 is 0 Å². The minimum atomic E-state index is 0.178. The Balaban J connectivity index is 1.37. The summed E-state index contributed by atoms with van der Waals surface area (Å²) in [5.74, 6) is 2.54. The van der Waals surface area contributed by atoms with Crippen molar-refractivity contribution < 1.29 is 14.2 Å². The fraction of sp³-hybridized carbons (Fsp3) is 0.594. The Bertz CT molecular complexity index is 1360. The molecule has 9 nitrogen and oxygen atoms in total. The van der Waals surface area contributed by atoms with Gasteiger partial charge in [0, 0.05) is 36.3 Å². The Morgan fingerprint density at radius 1 is 0.927 bits per heavy atom. The number of hydrogen-bond donors (Lipinski definition) is 1. The predicted octanol–water partition coefficient (Wildman–Crippen LogP) is 4.96. The van der Waals surface area contributed by atoms with Crippen molar-refractivity contribution in [2.75, 3.05) is 56.4 Å². The first-order valence-electron chi connectivity index (χ1n) is 15.2. The predicted molar refractivity (Wildman–Crippen MR) is 163 cm³/mol. The maximum Gasteiger partial charge on any atom is 0.229 e. The van der Waals surface area contributed by atoms with Crippen LogP contribution in [-0.4, -0.2) is 79.2 Å². The van der Waals surface area contributed by atoms with E-state index in [0.29, 0.717) is 38.0 Å². The Hall–Kier alpha value is -3.01.